The van der Waals surface area contributed by atoms with Gasteiger partial charge < -0.3 is 11.1 Å². The van der Waals surface area contributed by atoms with Crippen LogP contribution in [0.15, 0.2) is 0 Å². The molecule has 4 nitrogen and oxygen atoms in total. The lowest BCUT2D eigenvalue weighted by Crippen LogP contribution is -2.39. The fraction of sp³-hybridized carbons (Fsp3) is 0.667. The maximum Gasteiger partial charge on any atom is 0.236 e. The Bertz CT molecular complexity index is 383. The highest BCUT2D eigenvalue weighted by Crippen LogP contribution is 2.26. The van der Waals surface area contributed by atoms with Crippen LogP contribution < -0.4 is 11.1 Å². The third-order valence-electron chi connectivity index (χ3n) is 2.94. The van der Waals surface area contributed by atoms with E-state index < -0.39 is 6.04 Å². The second kappa shape index (κ2) is 7.07. The van der Waals surface area contributed by atoms with E-state index in [2.05, 4.69) is 10.3 Å². The number of nitrogens with zero attached hydrogens (tertiary/aromatic N) is 1. The number of thiazole rings is 1. The van der Waals surface area contributed by atoms with Crippen molar-refractivity contribution in [1.29, 1.82) is 0 Å². The molecule has 0 saturated heterocycles. The number of nitrogens with two attached hydrogens (primary N) is 1. The van der Waals surface area contributed by atoms with Crippen LogP contribution >= 0.6 is 23.7 Å². The van der Waals surface area contributed by atoms with E-state index in [0.29, 0.717) is 6.54 Å². The van der Waals surface area contributed by atoms with Gasteiger partial charge in [-0.05, 0) is 32.6 Å². The van der Waals surface area contributed by atoms with E-state index in [0.717, 1.165) is 17.8 Å². The Morgan fingerprint density at radius 1 is 1.50 bits per heavy atom. The van der Waals surface area contributed by atoms with E-state index >= 15 is 0 Å². The van der Waals surface area contributed by atoms with Gasteiger partial charge >= 0.3 is 0 Å². The van der Waals surface area contributed by atoms with Gasteiger partial charge in [0.1, 0.15) is 0 Å². The second-order valence-corrected chi connectivity index (χ2v) is 5.68. The monoisotopic (exact) mass is 289 g/mol. The Balaban J connectivity index is 0.00000162. The number of aryl methyl sites for hydroxylation is 2. The molecular formula is C12H20ClN3OS. The third-order valence-corrected chi connectivity index (χ3v) is 4.16. The van der Waals surface area contributed by atoms with E-state index in [1.54, 1.807) is 18.3 Å². The standard InChI is InChI=1S/C12H19N3OS.ClH/c1-8(13)12(16)14-7-6-11-15-9-4-2-3-5-10(9)17-11;/h8H,2-7,13H2,1H3,(H,14,16);1H. The normalized spacial score (nSPS) is 15.4. The smallest absolute Gasteiger partial charge is 0.236 e. The number of hydrogen-bond donors (Lipinski definition) is 2. The molecule has 0 radical (unpaired) electrons. The molecule has 3 N–H and O–H groups in total. The van der Waals surface area contributed by atoms with Gasteiger partial charge in [-0.15, -0.1) is 23.7 Å². The van der Waals surface area contributed by atoms with Crippen LogP contribution in [0.25, 0.3) is 0 Å². The molecule has 1 aliphatic carbocycles. The molecule has 1 atom stereocenters. The minimum absolute atomic E-state index is 0. The van der Waals surface area contributed by atoms with Gasteiger partial charge in [0, 0.05) is 17.8 Å². The van der Waals surface area contributed by atoms with Crippen LogP contribution in [0.3, 0.4) is 0 Å². The first-order valence-electron chi connectivity index (χ1n) is 6.17. The van der Waals surface area contributed by atoms with Crippen LogP contribution in [0.5, 0.6) is 0 Å². The SMILES string of the molecule is CC(N)C(=O)NCCc1nc2c(s1)CCCC2.Cl. The zero-order valence-corrected chi connectivity index (χ0v) is 12.2. The van der Waals surface area contributed by atoms with Gasteiger partial charge in [-0.25, -0.2) is 4.98 Å². The molecule has 1 aromatic heterocycles. The highest BCUT2D eigenvalue weighted by molar-refractivity contribution is 7.11. The van der Waals surface area contributed by atoms with E-state index in [1.165, 1.54) is 29.8 Å². The predicted octanol–water partition coefficient (Wildman–Crippen LogP) is 1.45. The molecule has 102 valence electrons. The van der Waals surface area contributed by atoms with Crippen LogP contribution in [-0.4, -0.2) is 23.5 Å². The molecule has 6 heteroatoms. The van der Waals surface area contributed by atoms with Gasteiger partial charge in [-0.2, -0.15) is 0 Å². The Hall–Kier alpha value is -0.650. The number of rotatable bonds is 4. The molecular weight excluding hydrogens is 270 g/mol. The Morgan fingerprint density at radius 2 is 2.22 bits per heavy atom. The van der Waals surface area contributed by atoms with Crippen molar-refractivity contribution in [1.82, 2.24) is 10.3 Å². The van der Waals surface area contributed by atoms with Crippen LogP contribution in [0.1, 0.15) is 35.3 Å². The minimum atomic E-state index is -0.431. The summed E-state index contributed by atoms with van der Waals surface area (Å²) in [6, 6.07) is -0.431. The van der Waals surface area contributed by atoms with Crippen molar-refractivity contribution in [2.75, 3.05) is 6.54 Å². The summed E-state index contributed by atoms with van der Waals surface area (Å²) in [4.78, 5) is 17.4. The largest absolute Gasteiger partial charge is 0.354 e. The first-order valence-corrected chi connectivity index (χ1v) is 6.99. The van der Waals surface area contributed by atoms with Crippen LogP contribution in [0, 0.1) is 0 Å². The number of aromatic nitrogens is 1. The molecule has 0 bridgehead atoms. The highest BCUT2D eigenvalue weighted by Gasteiger charge is 2.15. The van der Waals surface area contributed by atoms with E-state index in [4.69, 9.17) is 5.73 Å². The summed E-state index contributed by atoms with van der Waals surface area (Å²) < 4.78 is 0. The Kier molecular flexibility index (Phi) is 6.05. The number of fused-ring (bicyclic) bond motifs is 1. The first kappa shape index (κ1) is 15.4. The molecule has 18 heavy (non-hydrogen) atoms. The van der Waals surface area contributed by atoms with Crippen molar-refractivity contribution in [2.45, 2.75) is 45.1 Å². The van der Waals surface area contributed by atoms with Gasteiger partial charge in [-0.1, -0.05) is 0 Å². The quantitative estimate of drug-likeness (QED) is 0.881. The lowest BCUT2D eigenvalue weighted by atomic mass is 10.0. The van der Waals surface area contributed by atoms with Gasteiger partial charge in [0.05, 0.1) is 16.7 Å². The van der Waals surface area contributed by atoms with Gasteiger partial charge in [0.2, 0.25) is 5.91 Å². The van der Waals surface area contributed by atoms with E-state index in [9.17, 15) is 4.79 Å². The molecule has 0 spiro atoms. The third kappa shape index (κ3) is 3.93. The van der Waals surface area contributed by atoms with E-state index in [1.807, 2.05) is 0 Å². The van der Waals surface area contributed by atoms with Gasteiger partial charge in [0.25, 0.3) is 0 Å². The molecule has 0 aliphatic heterocycles. The van der Waals surface area contributed by atoms with Crippen molar-refractivity contribution in [2.24, 2.45) is 5.73 Å². The fourth-order valence-electron chi connectivity index (χ4n) is 1.97. The molecule has 1 amide bonds. The lowest BCUT2D eigenvalue weighted by molar-refractivity contribution is -0.121. The summed E-state index contributed by atoms with van der Waals surface area (Å²) in [7, 11) is 0. The van der Waals surface area contributed by atoms with Crippen molar-refractivity contribution < 1.29 is 4.79 Å². The average molecular weight is 290 g/mol. The highest BCUT2D eigenvalue weighted by atomic mass is 35.5. The topological polar surface area (TPSA) is 68.0 Å². The van der Waals surface area contributed by atoms with Crippen molar-refractivity contribution in [3.63, 3.8) is 0 Å². The average Bonchev–Trinajstić information content (AvgIpc) is 2.71. The zero-order chi connectivity index (χ0) is 12.3. The molecule has 1 heterocycles. The first-order chi connectivity index (χ1) is 8.16. The van der Waals surface area contributed by atoms with Crippen LogP contribution in [0.2, 0.25) is 0 Å². The Morgan fingerprint density at radius 3 is 2.89 bits per heavy atom. The molecule has 0 aromatic carbocycles. The lowest BCUT2D eigenvalue weighted by Gasteiger charge is -2.06. The van der Waals surface area contributed by atoms with Crippen molar-refractivity contribution in [3.05, 3.63) is 15.6 Å². The maximum atomic E-state index is 11.3. The van der Waals surface area contributed by atoms with Crippen LogP contribution in [0.4, 0.5) is 0 Å². The number of hydrogen-bond acceptors (Lipinski definition) is 4. The number of amides is 1. The summed E-state index contributed by atoms with van der Waals surface area (Å²) in [6.45, 7) is 2.32. The summed E-state index contributed by atoms with van der Waals surface area (Å²) in [6.07, 6.45) is 5.67. The summed E-state index contributed by atoms with van der Waals surface area (Å²) in [5, 5.41) is 3.95. The summed E-state index contributed by atoms with van der Waals surface area (Å²) >= 11 is 1.80. The second-order valence-electron chi connectivity index (χ2n) is 4.51. The number of nitrogens with one attached hydrogen (secondary N) is 1. The van der Waals surface area contributed by atoms with Crippen LogP contribution in [-0.2, 0) is 24.1 Å². The number of carbonyl (C=O) groups is 1. The van der Waals surface area contributed by atoms with E-state index in [-0.39, 0.29) is 18.3 Å². The predicted molar refractivity (Wildman–Crippen MR) is 76.4 cm³/mol. The maximum absolute atomic E-state index is 11.3. The number of halogens is 1. The molecule has 0 saturated carbocycles. The molecule has 1 unspecified atom stereocenters. The summed E-state index contributed by atoms with van der Waals surface area (Å²) in [5.41, 5.74) is 6.76. The van der Waals surface area contributed by atoms with Crippen molar-refractivity contribution in [3.8, 4) is 0 Å². The molecule has 2 rings (SSSR count). The fourth-order valence-corrected chi connectivity index (χ4v) is 3.12. The number of carbonyl (C=O) groups excluding carboxylic acids is 1. The molecule has 1 aromatic rings. The Labute approximate surface area is 118 Å². The van der Waals surface area contributed by atoms with Gasteiger partial charge in [0.15, 0.2) is 0 Å². The van der Waals surface area contributed by atoms with Gasteiger partial charge in [-0.3, -0.25) is 4.79 Å². The zero-order valence-electron chi connectivity index (χ0n) is 10.6. The molecule has 1 aliphatic rings. The minimum Gasteiger partial charge on any atom is -0.354 e. The summed E-state index contributed by atoms with van der Waals surface area (Å²) in [5.74, 6) is -0.0914. The van der Waals surface area contributed by atoms with Crippen molar-refractivity contribution >= 4 is 29.7 Å². The molecule has 0 fully saturated rings.